The fraction of sp³-hybridized carbons (Fsp3) is 0.833. The van der Waals surface area contributed by atoms with E-state index < -0.39 is 0 Å². The lowest BCUT2D eigenvalue weighted by Gasteiger charge is -2.29. The van der Waals surface area contributed by atoms with Crippen LogP contribution < -0.4 is 5.32 Å². The van der Waals surface area contributed by atoms with E-state index in [0.717, 1.165) is 0 Å². The van der Waals surface area contributed by atoms with Crippen molar-refractivity contribution >= 4 is 0 Å². The topological polar surface area (TPSA) is 21.3 Å². The van der Waals surface area contributed by atoms with Crippen LogP contribution in [0, 0.1) is 11.8 Å². The van der Waals surface area contributed by atoms with E-state index in [0.29, 0.717) is 30.1 Å². The highest BCUT2D eigenvalue weighted by molar-refractivity contribution is 5.08. The standard InChI is InChI=1S/C12H23NO/c1-7(2)12(13-6)11-8(3)9(4)14-10(11)5/h8-13H,1H2,2-6H3. The molecule has 0 aliphatic carbocycles. The van der Waals surface area contributed by atoms with Gasteiger partial charge in [0.2, 0.25) is 0 Å². The first-order valence-corrected chi connectivity index (χ1v) is 5.47. The van der Waals surface area contributed by atoms with Crippen molar-refractivity contribution in [3.63, 3.8) is 0 Å². The third-order valence-electron chi connectivity index (χ3n) is 3.55. The van der Waals surface area contributed by atoms with E-state index in [-0.39, 0.29) is 0 Å². The summed E-state index contributed by atoms with van der Waals surface area (Å²) in [5, 5.41) is 3.35. The lowest BCUT2D eigenvalue weighted by molar-refractivity contribution is 0.0491. The van der Waals surface area contributed by atoms with Gasteiger partial charge in [0, 0.05) is 12.0 Å². The van der Waals surface area contributed by atoms with Crippen LogP contribution in [0.4, 0.5) is 0 Å². The van der Waals surface area contributed by atoms with Crippen LogP contribution in [0.3, 0.4) is 0 Å². The maximum absolute atomic E-state index is 5.84. The van der Waals surface area contributed by atoms with Crippen molar-refractivity contribution < 1.29 is 4.74 Å². The van der Waals surface area contributed by atoms with Gasteiger partial charge in [0.25, 0.3) is 0 Å². The van der Waals surface area contributed by atoms with E-state index in [1.165, 1.54) is 5.57 Å². The van der Waals surface area contributed by atoms with Crippen LogP contribution in [-0.4, -0.2) is 25.3 Å². The van der Waals surface area contributed by atoms with Crippen molar-refractivity contribution in [2.75, 3.05) is 7.05 Å². The number of nitrogens with one attached hydrogen (secondary N) is 1. The second kappa shape index (κ2) is 4.45. The van der Waals surface area contributed by atoms with Gasteiger partial charge in [-0.25, -0.2) is 0 Å². The highest BCUT2D eigenvalue weighted by Gasteiger charge is 2.41. The zero-order chi connectivity index (χ0) is 10.9. The second-order valence-corrected chi connectivity index (χ2v) is 4.60. The molecule has 0 spiro atoms. The first-order chi connectivity index (χ1) is 6.49. The molecule has 5 atom stereocenters. The van der Waals surface area contributed by atoms with Crippen molar-refractivity contribution in [1.82, 2.24) is 5.32 Å². The summed E-state index contributed by atoms with van der Waals surface area (Å²) in [5.41, 5.74) is 1.20. The largest absolute Gasteiger partial charge is 0.375 e. The molecule has 0 aromatic heterocycles. The van der Waals surface area contributed by atoms with E-state index in [2.05, 4.69) is 39.6 Å². The zero-order valence-corrected chi connectivity index (χ0v) is 10.0. The van der Waals surface area contributed by atoms with Gasteiger partial charge in [0.05, 0.1) is 12.2 Å². The molecule has 0 radical (unpaired) electrons. The van der Waals surface area contributed by atoms with Crippen molar-refractivity contribution in [3.8, 4) is 0 Å². The molecule has 14 heavy (non-hydrogen) atoms. The summed E-state index contributed by atoms with van der Waals surface area (Å²) in [7, 11) is 2.00. The summed E-state index contributed by atoms with van der Waals surface area (Å²) in [6.07, 6.45) is 0.694. The molecular weight excluding hydrogens is 174 g/mol. The summed E-state index contributed by atoms with van der Waals surface area (Å²) in [4.78, 5) is 0. The SMILES string of the molecule is C=C(C)C(NC)C1C(C)OC(C)C1C. The van der Waals surface area contributed by atoms with Gasteiger partial charge in [-0.05, 0) is 33.7 Å². The highest BCUT2D eigenvalue weighted by atomic mass is 16.5. The molecule has 2 heteroatoms. The van der Waals surface area contributed by atoms with Gasteiger partial charge in [-0.1, -0.05) is 19.1 Å². The number of rotatable bonds is 3. The fourth-order valence-corrected chi connectivity index (χ4v) is 2.64. The molecule has 0 bridgehead atoms. The van der Waals surface area contributed by atoms with Gasteiger partial charge < -0.3 is 10.1 Å². The Morgan fingerprint density at radius 1 is 1.29 bits per heavy atom. The maximum atomic E-state index is 5.84. The molecule has 1 N–H and O–H groups in total. The summed E-state index contributed by atoms with van der Waals surface area (Å²) >= 11 is 0. The Kier molecular flexibility index (Phi) is 3.73. The average molecular weight is 197 g/mol. The van der Waals surface area contributed by atoms with Gasteiger partial charge in [0.1, 0.15) is 0 Å². The zero-order valence-electron chi connectivity index (χ0n) is 10.0. The predicted molar refractivity (Wildman–Crippen MR) is 60.3 cm³/mol. The Balaban J connectivity index is 2.79. The molecule has 1 aliphatic rings. The van der Waals surface area contributed by atoms with Crippen molar-refractivity contribution in [2.24, 2.45) is 11.8 Å². The Morgan fingerprint density at radius 2 is 1.86 bits per heavy atom. The van der Waals surface area contributed by atoms with Gasteiger partial charge >= 0.3 is 0 Å². The molecule has 82 valence electrons. The van der Waals surface area contributed by atoms with Crippen LogP contribution in [-0.2, 0) is 4.74 Å². The summed E-state index contributed by atoms with van der Waals surface area (Å²) in [5.74, 6) is 1.15. The van der Waals surface area contributed by atoms with Gasteiger partial charge in [0.15, 0.2) is 0 Å². The summed E-state index contributed by atoms with van der Waals surface area (Å²) in [6.45, 7) is 12.7. The number of ether oxygens (including phenoxy) is 1. The molecule has 0 aromatic carbocycles. The molecule has 0 amide bonds. The molecule has 1 rings (SSSR count). The van der Waals surface area contributed by atoms with Crippen LogP contribution in [0.2, 0.25) is 0 Å². The molecule has 1 aliphatic heterocycles. The van der Waals surface area contributed by atoms with Crippen LogP contribution in [0.5, 0.6) is 0 Å². The smallest absolute Gasteiger partial charge is 0.0600 e. The molecule has 1 fully saturated rings. The quantitative estimate of drug-likeness (QED) is 0.700. The Hall–Kier alpha value is -0.340. The molecule has 1 heterocycles. The molecule has 5 unspecified atom stereocenters. The third-order valence-corrected chi connectivity index (χ3v) is 3.55. The van der Waals surface area contributed by atoms with Crippen LogP contribution in [0.15, 0.2) is 12.2 Å². The van der Waals surface area contributed by atoms with Crippen molar-refractivity contribution in [3.05, 3.63) is 12.2 Å². The fourth-order valence-electron chi connectivity index (χ4n) is 2.64. The minimum atomic E-state index is 0.328. The van der Waals surface area contributed by atoms with Crippen molar-refractivity contribution in [2.45, 2.75) is 45.9 Å². The van der Waals surface area contributed by atoms with Crippen LogP contribution in [0.25, 0.3) is 0 Å². The molecular formula is C12H23NO. The lowest BCUT2D eigenvalue weighted by Crippen LogP contribution is -2.40. The highest BCUT2D eigenvalue weighted by Crippen LogP contribution is 2.36. The minimum Gasteiger partial charge on any atom is -0.375 e. The lowest BCUT2D eigenvalue weighted by atomic mass is 9.81. The minimum absolute atomic E-state index is 0.328. The van der Waals surface area contributed by atoms with Crippen molar-refractivity contribution in [1.29, 1.82) is 0 Å². The van der Waals surface area contributed by atoms with E-state index >= 15 is 0 Å². The normalized spacial score (nSPS) is 39.8. The Bertz CT molecular complexity index is 214. The third kappa shape index (κ3) is 2.01. The number of hydrogen-bond donors (Lipinski definition) is 1. The molecule has 0 saturated carbocycles. The van der Waals surface area contributed by atoms with E-state index in [1.54, 1.807) is 0 Å². The van der Waals surface area contributed by atoms with Crippen LogP contribution in [0.1, 0.15) is 27.7 Å². The van der Waals surface area contributed by atoms with E-state index in [1.807, 2.05) is 7.05 Å². The Labute approximate surface area is 87.7 Å². The average Bonchev–Trinajstić information content (AvgIpc) is 2.32. The van der Waals surface area contributed by atoms with Gasteiger partial charge in [-0.2, -0.15) is 0 Å². The maximum Gasteiger partial charge on any atom is 0.0600 e. The van der Waals surface area contributed by atoms with Crippen LogP contribution >= 0.6 is 0 Å². The monoisotopic (exact) mass is 197 g/mol. The summed E-state index contributed by atoms with van der Waals surface area (Å²) < 4.78 is 5.84. The van der Waals surface area contributed by atoms with Gasteiger partial charge in [-0.15, -0.1) is 0 Å². The second-order valence-electron chi connectivity index (χ2n) is 4.60. The van der Waals surface area contributed by atoms with E-state index in [4.69, 9.17) is 4.74 Å². The first-order valence-electron chi connectivity index (χ1n) is 5.47. The molecule has 0 aromatic rings. The first kappa shape index (κ1) is 11.7. The van der Waals surface area contributed by atoms with E-state index in [9.17, 15) is 0 Å². The molecule has 2 nitrogen and oxygen atoms in total. The number of hydrogen-bond acceptors (Lipinski definition) is 2. The number of likely N-dealkylation sites (N-methyl/N-ethyl adjacent to an activating group) is 1. The summed E-state index contributed by atoms with van der Waals surface area (Å²) in [6, 6.07) is 0.380. The van der Waals surface area contributed by atoms with Gasteiger partial charge in [-0.3, -0.25) is 0 Å². The molecule has 1 saturated heterocycles. The predicted octanol–water partition coefficient (Wildman–Crippen LogP) is 2.21. The Morgan fingerprint density at radius 3 is 2.14 bits per heavy atom.